The third-order valence-corrected chi connectivity index (χ3v) is 2.00. The number of anilines is 2. The maximum atomic E-state index is 11.9. The molecular formula is C11H19F2N5O2. The first-order valence-electron chi connectivity index (χ1n) is 6.38. The van der Waals surface area contributed by atoms with E-state index in [1.165, 1.54) is 0 Å². The van der Waals surface area contributed by atoms with Gasteiger partial charge in [0.25, 0.3) is 6.43 Å². The molecule has 0 radical (unpaired) electrons. The molecule has 1 rings (SSSR count). The number of nitrogens with zero attached hydrogens (tertiary/aromatic N) is 3. The normalized spacial score (nSPS) is 10.7. The first-order valence-corrected chi connectivity index (χ1v) is 6.38. The number of aromatic nitrogens is 3. The molecule has 0 unspecified atom stereocenters. The van der Waals surface area contributed by atoms with Crippen molar-refractivity contribution in [1.29, 1.82) is 0 Å². The van der Waals surface area contributed by atoms with Gasteiger partial charge in [-0.05, 0) is 13.8 Å². The van der Waals surface area contributed by atoms with Crippen molar-refractivity contribution in [2.75, 3.05) is 43.5 Å². The van der Waals surface area contributed by atoms with Gasteiger partial charge in [0, 0.05) is 13.1 Å². The number of rotatable bonds is 10. The average Bonchev–Trinajstić information content (AvgIpc) is 2.38. The van der Waals surface area contributed by atoms with Crippen LogP contribution in [0.25, 0.3) is 0 Å². The van der Waals surface area contributed by atoms with E-state index in [1.54, 1.807) is 0 Å². The lowest BCUT2D eigenvalue weighted by Gasteiger charge is -2.09. The fourth-order valence-electron chi connectivity index (χ4n) is 1.27. The lowest BCUT2D eigenvalue weighted by atomic mass is 10.6. The summed E-state index contributed by atoms with van der Waals surface area (Å²) >= 11 is 0. The molecule has 1 aromatic heterocycles. The van der Waals surface area contributed by atoms with Crippen LogP contribution in [0.5, 0.6) is 6.01 Å². The molecule has 0 amide bonds. The average molecular weight is 291 g/mol. The fraction of sp³-hybridized carbons (Fsp3) is 0.727. The highest BCUT2D eigenvalue weighted by molar-refractivity contribution is 5.35. The van der Waals surface area contributed by atoms with E-state index in [0.717, 1.165) is 0 Å². The zero-order valence-electron chi connectivity index (χ0n) is 11.5. The van der Waals surface area contributed by atoms with Gasteiger partial charge in [0.1, 0.15) is 6.61 Å². The Kier molecular flexibility index (Phi) is 7.48. The lowest BCUT2D eigenvalue weighted by molar-refractivity contribution is 0.0214. The summed E-state index contributed by atoms with van der Waals surface area (Å²) in [5.74, 6) is 0.696. The topological polar surface area (TPSA) is 81.2 Å². The zero-order chi connectivity index (χ0) is 14.8. The molecular weight excluding hydrogens is 272 g/mol. The highest BCUT2D eigenvalue weighted by Gasteiger charge is 2.07. The Balaban J connectivity index is 2.50. The molecule has 2 N–H and O–H groups in total. The first kappa shape index (κ1) is 16.3. The Bertz CT molecular complexity index is 371. The molecule has 0 aromatic carbocycles. The minimum Gasteiger partial charge on any atom is -0.464 e. The van der Waals surface area contributed by atoms with Crippen molar-refractivity contribution in [2.24, 2.45) is 0 Å². The summed E-state index contributed by atoms with van der Waals surface area (Å²) in [6, 6.07) is 0.203. The van der Waals surface area contributed by atoms with Crippen molar-refractivity contribution in [3.05, 3.63) is 0 Å². The van der Waals surface area contributed by atoms with Gasteiger partial charge in [-0.15, -0.1) is 0 Å². The van der Waals surface area contributed by atoms with Gasteiger partial charge in [0.2, 0.25) is 11.9 Å². The molecule has 0 aliphatic rings. The van der Waals surface area contributed by atoms with E-state index in [0.29, 0.717) is 31.6 Å². The molecule has 0 spiro atoms. The minimum atomic E-state index is -2.46. The third-order valence-electron chi connectivity index (χ3n) is 2.00. The van der Waals surface area contributed by atoms with Gasteiger partial charge in [-0.3, -0.25) is 0 Å². The quantitative estimate of drug-likeness (QED) is 0.630. The number of ether oxygens (including phenoxy) is 2. The molecule has 7 nitrogen and oxygen atoms in total. The highest BCUT2D eigenvalue weighted by Crippen LogP contribution is 2.10. The van der Waals surface area contributed by atoms with Crippen molar-refractivity contribution in [1.82, 2.24) is 15.0 Å². The smallest absolute Gasteiger partial charge is 0.323 e. The predicted octanol–water partition coefficient (Wildman–Crippen LogP) is 1.40. The van der Waals surface area contributed by atoms with E-state index < -0.39 is 13.0 Å². The Morgan fingerprint density at radius 3 is 2.40 bits per heavy atom. The number of alkyl halides is 2. The van der Waals surface area contributed by atoms with Crippen LogP contribution in [0.1, 0.15) is 13.8 Å². The molecule has 0 bridgehead atoms. The Morgan fingerprint density at radius 1 is 1.10 bits per heavy atom. The van der Waals surface area contributed by atoms with Gasteiger partial charge in [-0.2, -0.15) is 15.0 Å². The van der Waals surface area contributed by atoms with E-state index in [2.05, 4.69) is 25.6 Å². The molecule has 9 heteroatoms. The number of hydrogen-bond acceptors (Lipinski definition) is 7. The molecule has 0 atom stereocenters. The van der Waals surface area contributed by atoms with E-state index in [-0.39, 0.29) is 12.6 Å². The second kappa shape index (κ2) is 9.18. The Morgan fingerprint density at radius 2 is 1.80 bits per heavy atom. The van der Waals surface area contributed by atoms with Gasteiger partial charge in [-0.1, -0.05) is 0 Å². The Hall–Kier alpha value is -1.77. The summed E-state index contributed by atoms with van der Waals surface area (Å²) < 4.78 is 33.7. The predicted molar refractivity (Wildman–Crippen MR) is 70.5 cm³/mol. The van der Waals surface area contributed by atoms with E-state index in [4.69, 9.17) is 9.47 Å². The summed E-state index contributed by atoms with van der Waals surface area (Å²) in [6.07, 6.45) is -2.46. The molecule has 1 heterocycles. The molecule has 114 valence electrons. The van der Waals surface area contributed by atoms with Crippen LogP contribution in [0.4, 0.5) is 20.7 Å². The lowest BCUT2D eigenvalue weighted by Crippen LogP contribution is -2.16. The van der Waals surface area contributed by atoms with E-state index >= 15 is 0 Å². The van der Waals surface area contributed by atoms with Crippen LogP contribution in [0.15, 0.2) is 0 Å². The summed E-state index contributed by atoms with van der Waals surface area (Å²) in [4.78, 5) is 12.2. The molecule has 0 aliphatic carbocycles. The van der Waals surface area contributed by atoms with Crippen LogP contribution in [0.2, 0.25) is 0 Å². The first-order chi connectivity index (χ1) is 9.65. The van der Waals surface area contributed by atoms with Gasteiger partial charge < -0.3 is 20.1 Å². The van der Waals surface area contributed by atoms with Crippen molar-refractivity contribution < 1.29 is 18.3 Å². The van der Waals surface area contributed by atoms with Crippen LogP contribution >= 0.6 is 0 Å². The second-order valence-corrected chi connectivity index (χ2v) is 3.62. The largest absolute Gasteiger partial charge is 0.464 e. The van der Waals surface area contributed by atoms with E-state index in [9.17, 15) is 8.78 Å². The van der Waals surface area contributed by atoms with Gasteiger partial charge >= 0.3 is 6.01 Å². The van der Waals surface area contributed by atoms with Crippen molar-refractivity contribution in [2.45, 2.75) is 20.3 Å². The van der Waals surface area contributed by atoms with E-state index in [1.807, 2.05) is 13.8 Å². The van der Waals surface area contributed by atoms with Crippen molar-refractivity contribution in [3.63, 3.8) is 0 Å². The van der Waals surface area contributed by atoms with Crippen LogP contribution in [-0.2, 0) is 4.74 Å². The molecule has 0 aliphatic heterocycles. The monoisotopic (exact) mass is 291 g/mol. The molecule has 0 saturated heterocycles. The number of halogens is 2. The summed E-state index contributed by atoms with van der Waals surface area (Å²) in [7, 11) is 0. The minimum absolute atomic E-state index is 0.135. The summed E-state index contributed by atoms with van der Waals surface area (Å²) in [5, 5.41) is 5.81. The maximum Gasteiger partial charge on any atom is 0.323 e. The van der Waals surface area contributed by atoms with Gasteiger partial charge in [-0.25, -0.2) is 8.78 Å². The van der Waals surface area contributed by atoms with Crippen LogP contribution in [0.3, 0.4) is 0 Å². The summed E-state index contributed by atoms with van der Waals surface area (Å²) in [6.45, 7) is 4.70. The Labute approximate surface area is 116 Å². The van der Waals surface area contributed by atoms with Crippen molar-refractivity contribution >= 4 is 11.9 Å². The van der Waals surface area contributed by atoms with Gasteiger partial charge in [0.05, 0.1) is 13.2 Å². The number of nitrogens with one attached hydrogen (secondary N) is 2. The highest BCUT2D eigenvalue weighted by atomic mass is 19.3. The second-order valence-electron chi connectivity index (χ2n) is 3.62. The molecule has 20 heavy (non-hydrogen) atoms. The summed E-state index contributed by atoms with van der Waals surface area (Å²) in [5.41, 5.74) is 0. The van der Waals surface area contributed by atoms with Crippen molar-refractivity contribution in [3.8, 4) is 6.01 Å². The fourth-order valence-corrected chi connectivity index (χ4v) is 1.27. The van der Waals surface area contributed by atoms with Gasteiger partial charge in [0.15, 0.2) is 0 Å². The van der Waals surface area contributed by atoms with Crippen LogP contribution in [0, 0.1) is 0 Å². The standard InChI is InChI=1S/C11H19F2N5O2/c1-3-14-9-16-10(18-11(17-9)20-4-2)15-5-6-19-7-8(12)13/h8H,3-7H2,1-2H3,(H2,14,15,16,17,18). The van der Waals surface area contributed by atoms with Crippen LogP contribution < -0.4 is 15.4 Å². The zero-order valence-corrected chi connectivity index (χ0v) is 11.5. The SMILES string of the molecule is CCNc1nc(NCCOCC(F)F)nc(OCC)n1. The maximum absolute atomic E-state index is 11.9. The third kappa shape index (κ3) is 6.41. The molecule has 0 fully saturated rings. The van der Waals surface area contributed by atoms with Crippen LogP contribution in [-0.4, -0.2) is 54.3 Å². The molecule has 0 saturated carbocycles. The molecule has 1 aromatic rings. The number of hydrogen-bond donors (Lipinski definition) is 2.